The molecule has 1 saturated carbocycles. The molecule has 1 aliphatic rings. The number of amides is 1. The molecule has 2 rings (SSSR count). The minimum Gasteiger partial charge on any atom is -0.388 e. The Hall–Kier alpha value is -1.29. The van der Waals surface area contributed by atoms with Gasteiger partial charge in [-0.2, -0.15) is 0 Å². The molecule has 0 saturated heterocycles. The topological polar surface area (TPSA) is 45.5 Å². The highest BCUT2D eigenvalue weighted by molar-refractivity contribution is 5.95. The Balaban J connectivity index is 2.18. The van der Waals surface area contributed by atoms with Gasteiger partial charge < -0.3 is 14.6 Å². The van der Waals surface area contributed by atoms with Crippen LogP contribution < -0.4 is 0 Å². The Labute approximate surface area is 127 Å². The molecule has 0 spiro atoms. The van der Waals surface area contributed by atoms with Gasteiger partial charge in [0.2, 0.25) is 0 Å². The van der Waals surface area contributed by atoms with E-state index in [1.807, 2.05) is 19.9 Å². The third-order valence-corrected chi connectivity index (χ3v) is 4.64. The molecule has 0 atom stereocenters. The summed E-state index contributed by atoms with van der Waals surface area (Å²) in [5, 5.41) is 10.5. The van der Waals surface area contributed by atoms with Gasteiger partial charge in [-0.3, -0.25) is 4.79 Å². The van der Waals surface area contributed by atoms with Crippen molar-refractivity contribution < 1.29 is 9.90 Å². The summed E-state index contributed by atoms with van der Waals surface area (Å²) in [7, 11) is 1.79. The first-order valence-corrected chi connectivity index (χ1v) is 7.91. The van der Waals surface area contributed by atoms with Gasteiger partial charge in [0.25, 0.3) is 5.91 Å². The van der Waals surface area contributed by atoms with Gasteiger partial charge in [-0.25, -0.2) is 0 Å². The third-order valence-electron chi connectivity index (χ3n) is 4.64. The molecular weight excluding hydrogens is 264 g/mol. The summed E-state index contributed by atoms with van der Waals surface area (Å²) in [6, 6.07) is 2.31. The number of aromatic nitrogens is 1. The molecule has 21 heavy (non-hydrogen) atoms. The molecule has 0 bridgehead atoms. The Bertz CT molecular complexity index is 525. The number of likely N-dealkylation sites (N-methyl/N-ethyl adjacent to an activating group) is 1. The molecule has 1 N–H and O–H groups in total. The molecular formula is C17H28N2O2. The maximum atomic E-state index is 12.7. The van der Waals surface area contributed by atoms with Crippen molar-refractivity contribution in [2.75, 3.05) is 13.6 Å². The summed E-state index contributed by atoms with van der Waals surface area (Å²) in [5.74, 6) is 0.00956. The van der Waals surface area contributed by atoms with E-state index in [4.69, 9.17) is 0 Å². The minimum atomic E-state index is -0.687. The first kappa shape index (κ1) is 16.1. The van der Waals surface area contributed by atoms with E-state index in [1.165, 1.54) is 0 Å². The lowest BCUT2D eigenvalue weighted by atomic mass is 10.0. The van der Waals surface area contributed by atoms with Crippen molar-refractivity contribution in [2.24, 2.45) is 0 Å². The fourth-order valence-corrected chi connectivity index (χ4v) is 3.70. The van der Waals surface area contributed by atoms with Crippen LogP contribution in [0.15, 0.2) is 6.07 Å². The summed E-state index contributed by atoms with van der Waals surface area (Å²) < 4.78 is 2.19. The van der Waals surface area contributed by atoms with Crippen molar-refractivity contribution in [3.05, 3.63) is 23.0 Å². The van der Waals surface area contributed by atoms with Crippen molar-refractivity contribution >= 4 is 5.91 Å². The van der Waals surface area contributed by atoms with Crippen molar-refractivity contribution in [1.29, 1.82) is 0 Å². The van der Waals surface area contributed by atoms with E-state index >= 15 is 0 Å². The summed E-state index contributed by atoms with van der Waals surface area (Å²) in [5.41, 5.74) is 2.19. The fraction of sp³-hybridized carbons (Fsp3) is 0.706. The molecule has 0 aromatic carbocycles. The highest BCUT2D eigenvalue weighted by atomic mass is 16.3. The van der Waals surface area contributed by atoms with Crippen LogP contribution in [-0.4, -0.2) is 39.7 Å². The van der Waals surface area contributed by atoms with Crippen LogP contribution in [0.1, 0.15) is 67.3 Å². The predicted octanol–water partition coefficient (Wildman–Crippen LogP) is 3.06. The number of aryl methyl sites for hydroxylation is 1. The van der Waals surface area contributed by atoms with Crippen LogP contribution in [-0.2, 0) is 0 Å². The number of hydrogen-bond donors (Lipinski definition) is 1. The standard InChI is InChI=1S/C17H28N2O2/c1-12(2)19-13(3)10-15(14(19)4)16(20)18(5)11-17(21)8-6-7-9-17/h10,12,21H,6-9,11H2,1-5H3. The van der Waals surface area contributed by atoms with E-state index in [0.717, 1.165) is 42.6 Å². The van der Waals surface area contributed by atoms with E-state index in [9.17, 15) is 9.90 Å². The van der Waals surface area contributed by atoms with Gasteiger partial charge in [0.1, 0.15) is 0 Å². The van der Waals surface area contributed by atoms with Crippen molar-refractivity contribution in [3.8, 4) is 0 Å². The molecule has 0 radical (unpaired) electrons. The second-order valence-electron chi connectivity index (χ2n) is 6.84. The van der Waals surface area contributed by atoms with E-state index in [0.29, 0.717) is 12.6 Å². The van der Waals surface area contributed by atoms with Crippen molar-refractivity contribution in [2.45, 2.75) is 65.0 Å². The van der Waals surface area contributed by atoms with Gasteiger partial charge >= 0.3 is 0 Å². The number of carbonyl (C=O) groups excluding carboxylic acids is 1. The van der Waals surface area contributed by atoms with Crippen LogP contribution in [0, 0.1) is 13.8 Å². The number of rotatable bonds is 4. The largest absolute Gasteiger partial charge is 0.388 e. The monoisotopic (exact) mass is 292 g/mol. The number of aliphatic hydroxyl groups is 1. The fourth-order valence-electron chi connectivity index (χ4n) is 3.70. The summed E-state index contributed by atoms with van der Waals surface area (Å²) >= 11 is 0. The van der Waals surface area contributed by atoms with Gasteiger partial charge in [-0.15, -0.1) is 0 Å². The molecule has 1 aliphatic carbocycles. The van der Waals surface area contributed by atoms with Crippen LogP contribution in [0.4, 0.5) is 0 Å². The van der Waals surface area contributed by atoms with Crippen LogP contribution >= 0.6 is 0 Å². The van der Waals surface area contributed by atoms with Crippen molar-refractivity contribution in [3.63, 3.8) is 0 Å². The molecule has 0 aliphatic heterocycles. The second kappa shape index (κ2) is 5.84. The summed E-state index contributed by atoms with van der Waals surface area (Å²) in [4.78, 5) is 14.4. The zero-order valence-corrected chi connectivity index (χ0v) is 13.9. The average Bonchev–Trinajstić information content (AvgIpc) is 2.92. The van der Waals surface area contributed by atoms with Crippen molar-refractivity contribution in [1.82, 2.24) is 9.47 Å². The normalized spacial score (nSPS) is 17.5. The smallest absolute Gasteiger partial charge is 0.255 e. The number of hydrogen-bond acceptors (Lipinski definition) is 2. The van der Waals surface area contributed by atoms with Crippen LogP contribution in [0.3, 0.4) is 0 Å². The third kappa shape index (κ3) is 3.15. The molecule has 118 valence electrons. The predicted molar refractivity (Wildman–Crippen MR) is 84.7 cm³/mol. The zero-order chi connectivity index (χ0) is 15.8. The minimum absolute atomic E-state index is 0.00956. The Kier molecular flexibility index (Phi) is 4.47. The molecule has 1 fully saturated rings. The van der Waals surface area contributed by atoms with Gasteiger partial charge in [-0.05, 0) is 46.6 Å². The average molecular weight is 292 g/mol. The van der Waals surface area contributed by atoms with Gasteiger partial charge in [0.15, 0.2) is 0 Å². The molecule has 1 amide bonds. The van der Waals surface area contributed by atoms with Gasteiger partial charge in [0.05, 0.1) is 11.2 Å². The Morgan fingerprint density at radius 1 is 1.38 bits per heavy atom. The first-order valence-electron chi connectivity index (χ1n) is 7.91. The number of nitrogens with zero attached hydrogens (tertiary/aromatic N) is 2. The first-order chi connectivity index (χ1) is 9.75. The van der Waals surface area contributed by atoms with E-state index in [2.05, 4.69) is 18.4 Å². The van der Waals surface area contributed by atoms with Gasteiger partial charge in [-0.1, -0.05) is 12.8 Å². The Morgan fingerprint density at radius 2 is 1.95 bits per heavy atom. The van der Waals surface area contributed by atoms with Gasteiger partial charge in [0, 0.05) is 31.0 Å². The lowest BCUT2D eigenvalue weighted by Crippen LogP contribution is -2.42. The van der Waals surface area contributed by atoms with E-state index < -0.39 is 5.60 Å². The Morgan fingerprint density at radius 3 is 2.43 bits per heavy atom. The lowest BCUT2D eigenvalue weighted by Gasteiger charge is -2.28. The van der Waals surface area contributed by atoms with Crippen LogP contribution in [0.5, 0.6) is 0 Å². The maximum absolute atomic E-state index is 12.7. The zero-order valence-electron chi connectivity index (χ0n) is 13.9. The highest BCUT2D eigenvalue weighted by Crippen LogP contribution is 2.30. The van der Waals surface area contributed by atoms with E-state index in [-0.39, 0.29) is 5.91 Å². The summed E-state index contributed by atoms with van der Waals surface area (Å²) in [6.45, 7) is 8.71. The molecule has 1 aromatic heterocycles. The quantitative estimate of drug-likeness (QED) is 0.927. The molecule has 4 nitrogen and oxygen atoms in total. The molecule has 0 unspecified atom stereocenters. The van der Waals surface area contributed by atoms with Crippen LogP contribution in [0.25, 0.3) is 0 Å². The molecule has 4 heteroatoms. The summed E-state index contributed by atoms with van der Waals surface area (Å²) in [6.07, 6.45) is 3.71. The molecule has 1 aromatic rings. The second-order valence-corrected chi connectivity index (χ2v) is 6.84. The SMILES string of the molecule is Cc1cc(C(=O)N(C)CC2(O)CCCC2)c(C)n1C(C)C. The number of carbonyl (C=O) groups is 1. The van der Waals surface area contributed by atoms with Crippen LogP contribution in [0.2, 0.25) is 0 Å². The molecule has 1 heterocycles. The maximum Gasteiger partial charge on any atom is 0.255 e. The highest BCUT2D eigenvalue weighted by Gasteiger charge is 2.34. The van der Waals surface area contributed by atoms with E-state index in [1.54, 1.807) is 11.9 Å². The lowest BCUT2D eigenvalue weighted by molar-refractivity contribution is 0.0156.